The third-order valence-electron chi connectivity index (χ3n) is 12.1. The second-order valence-electron chi connectivity index (χ2n) is 15.7. The van der Waals surface area contributed by atoms with Crippen LogP contribution in [-0.2, 0) is 5.41 Å². The van der Waals surface area contributed by atoms with E-state index < -0.39 is 0 Å². The SMILES string of the molecule is CC1(C)c2ccccc2-c2ccc(N(c3ccc(-c4ccccc4)cc3)c3cccc4c3-c3ccc(-c5ccccc5)cc3-c3cc5ccccc5cc3O4)cc21. The van der Waals surface area contributed by atoms with Gasteiger partial charge in [0.05, 0.1) is 5.69 Å². The molecule has 0 bridgehead atoms. The van der Waals surface area contributed by atoms with Gasteiger partial charge in [0.15, 0.2) is 0 Å². The molecule has 270 valence electrons. The summed E-state index contributed by atoms with van der Waals surface area (Å²) < 4.78 is 7.10. The van der Waals surface area contributed by atoms with Crippen molar-refractivity contribution in [2.24, 2.45) is 0 Å². The molecular weight excluding hydrogens is 691 g/mol. The minimum absolute atomic E-state index is 0.147. The molecule has 0 fully saturated rings. The Hall–Kier alpha value is -7.16. The molecule has 0 unspecified atom stereocenters. The second kappa shape index (κ2) is 13.0. The molecule has 57 heavy (non-hydrogen) atoms. The molecule has 9 aromatic rings. The highest BCUT2D eigenvalue weighted by atomic mass is 16.5. The molecule has 1 heterocycles. The highest BCUT2D eigenvalue weighted by molar-refractivity contribution is 6.03. The van der Waals surface area contributed by atoms with E-state index in [2.05, 4.69) is 219 Å². The smallest absolute Gasteiger partial charge is 0.137 e. The van der Waals surface area contributed by atoms with Crippen molar-refractivity contribution in [2.45, 2.75) is 19.3 Å². The van der Waals surface area contributed by atoms with Crippen molar-refractivity contribution in [1.29, 1.82) is 0 Å². The molecule has 0 spiro atoms. The molecule has 11 rings (SSSR count). The van der Waals surface area contributed by atoms with Gasteiger partial charge in [0, 0.05) is 27.9 Å². The fourth-order valence-corrected chi connectivity index (χ4v) is 9.18. The van der Waals surface area contributed by atoms with Crippen LogP contribution in [0.1, 0.15) is 25.0 Å². The Bertz CT molecular complexity index is 3000. The maximum Gasteiger partial charge on any atom is 0.137 e. The summed E-state index contributed by atoms with van der Waals surface area (Å²) in [5.74, 6) is 1.68. The normalized spacial score (nSPS) is 13.0. The van der Waals surface area contributed by atoms with Crippen LogP contribution in [0.3, 0.4) is 0 Å². The first-order valence-electron chi connectivity index (χ1n) is 19.8. The van der Waals surface area contributed by atoms with Gasteiger partial charge in [-0.25, -0.2) is 0 Å². The summed E-state index contributed by atoms with van der Waals surface area (Å²) in [6.07, 6.45) is 0. The molecule has 0 saturated heterocycles. The molecule has 2 aliphatic rings. The molecule has 2 nitrogen and oxygen atoms in total. The van der Waals surface area contributed by atoms with E-state index in [1.807, 2.05) is 0 Å². The predicted octanol–water partition coefficient (Wildman–Crippen LogP) is 15.4. The number of anilines is 3. The third-order valence-corrected chi connectivity index (χ3v) is 12.1. The topological polar surface area (TPSA) is 12.5 Å². The zero-order valence-corrected chi connectivity index (χ0v) is 31.9. The molecule has 0 radical (unpaired) electrons. The summed E-state index contributed by atoms with van der Waals surface area (Å²) in [6, 6.07) is 72.6. The Morgan fingerprint density at radius 1 is 0.368 bits per heavy atom. The largest absolute Gasteiger partial charge is 0.456 e. The fourth-order valence-electron chi connectivity index (χ4n) is 9.18. The minimum Gasteiger partial charge on any atom is -0.456 e. The summed E-state index contributed by atoms with van der Waals surface area (Å²) >= 11 is 0. The lowest BCUT2D eigenvalue weighted by molar-refractivity contribution is 0.488. The summed E-state index contributed by atoms with van der Waals surface area (Å²) in [5, 5.41) is 2.34. The monoisotopic (exact) mass is 729 g/mol. The van der Waals surface area contributed by atoms with E-state index in [-0.39, 0.29) is 5.41 Å². The van der Waals surface area contributed by atoms with Crippen molar-refractivity contribution < 1.29 is 4.74 Å². The van der Waals surface area contributed by atoms with E-state index in [0.29, 0.717) is 0 Å². The number of benzene rings is 9. The van der Waals surface area contributed by atoms with Crippen LogP contribution in [0.2, 0.25) is 0 Å². The van der Waals surface area contributed by atoms with Gasteiger partial charge in [-0.3, -0.25) is 0 Å². The van der Waals surface area contributed by atoms with E-state index in [9.17, 15) is 0 Å². The number of hydrogen-bond donors (Lipinski definition) is 0. The Morgan fingerprint density at radius 3 is 1.74 bits per heavy atom. The van der Waals surface area contributed by atoms with Gasteiger partial charge in [0.25, 0.3) is 0 Å². The summed E-state index contributed by atoms with van der Waals surface area (Å²) in [4.78, 5) is 2.43. The quantitative estimate of drug-likeness (QED) is 0.175. The highest BCUT2D eigenvalue weighted by Gasteiger charge is 2.36. The maximum absolute atomic E-state index is 7.10. The van der Waals surface area contributed by atoms with Crippen LogP contribution in [-0.4, -0.2) is 0 Å². The van der Waals surface area contributed by atoms with Crippen molar-refractivity contribution in [3.05, 3.63) is 211 Å². The molecule has 0 N–H and O–H groups in total. The molecular formula is C55H39NO. The van der Waals surface area contributed by atoms with E-state index in [1.54, 1.807) is 0 Å². The second-order valence-corrected chi connectivity index (χ2v) is 15.7. The van der Waals surface area contributed by atoms with Crippen LogP contribution in [0, 0.1) is 0 Å². The lowest BCUT2D eigenvalue weighted by atomic mass is 9.82. The van der Waals surface area contributed by atoms with E-state index in [1.165, 1.54) is 49.9 Å². The standard InChI is InChI=1S/C55H39NO/c1-55(2)49-21-12-11-20-44(49)45-31-29-43(35-50(45)55)56(42-27-24-38(25-28-42)36-14-5-3-6-15-36)51-22-13-23-52-54(51)46-30-26-41(37-16-7-4-8-17-37)32-47(46)48-33-39-18-9-10-19-40(39)34-53(48)57-52/h3-35H,1-2H3. The summed E-state index contributed by atoms with van der Waals surface area (Å²) in [7, 11) is 0. The number of nitrogens with zero attached hydrogens (tertiary/aromatic N) is 1. The first-order valence-corrected chi connectivity index (χ1v) is 19.8. The summed E-state index contributed by atoms with van der Waals surface area (Å²) in [6.45, 7) is 4.70. The molecule has 0 atom stereocenters. The van der Waals surface area contributed by atoms with Crippen LogP contribution < -0.4 is 9.64 Å². The molecule has 1 aliphatic heterocycles. The van der Waals surface area contributed by atoms with Crippen LogP contribution >= 0.6 is 0 Å². The van der Waals surface area contributed by atoms with Gasteiger partial charge < -0.3 is 9.64 Å². The average Bonchev–Trinajstić information content (AvgIpc) is 3.40. The summed E-state index contributed by atoms with van der Waals surface area (Å²) in [5.41, 5.74) is 17.6. The van der Waals surface area contributed by atoms with Gasteiger partial charge in [-0.15, -0.1) is 0 Å². The molecule has 9 aromatic carbocycles. The van der Waals surface area contributed by atoms with E-state index in [0.717, 1.165) is 56.2 Å². The molecule has 1 aliphatic carbocycles. The fraction of sp³-hybridized carbons (Fsp3) is 0.0545. The maximum atomic E-state index is 7.10. The first kappa shape index (κ1) is 33.2. The Labute approximate surface area is 333 Å². The third kappa shape index (κ3) is 5.40. The lowest BCUT2D eigenvalue weighted by Gasteiger charge is -2.30. The van der Waals surface area contributed by atoms with Gasteiger partial charge in [-0.2, -0.15) is 0 Å². The Kier molecular flexibility index (Phi) is 7.55. The number of hydrogen-bond acceptors (Lipinski definition) is 2. The van der Waals surface area contributed by atoms with Gasteiger partial charge in [-0.05, 0) is 121 Å². The molecule has 0 amide bonds. The zero-order chi connectivity index (χ0) is 38.1. The first-order chi connectivity index (χ1) is 28.0. The molecule has 0 aromatic heterocycles. The minimum atomic E-state index is -0.147. The lowest BCUT2D eigenvalue weighted by Crippen LogP contribution is -2.17. The van der Waals surface area contributed by atoms with Gasteiger partial charge >= 0.3 is 0 Å². The van der Waals surface area contributed by atoms with Crippen molar-refractivity contribution in [3.63, 3.8) is 0 Å². The van der Waals surface area contributed by atoms with Crippen molar-refractivity contribution in [3.8, 4) is 67.1 Å². The van der Waals surface area contributed by atoms with E-state index in [4.69, 9.17) is 4.74 Å². The van der Waals surface area contributed by atoms with Crippen LogP contribution in [0.25, 0.3) is 66.4 Å². The van der Waals surface area contributed by atoms with Gasteiger partial charge in [0.1, 0.15) is 11.5 Å². The molecule has 2 heteroatoms. The predicted molar refractivity (Wildman–Crippen MR) is 238 cm³/mol. The highest BCUT2D eigenvalue weighted by Crippen LogP contribution is 2.55. The van der Waals surface area contributed by atoms with Crippen LogP contribution in [0.15, 0.2) is 200 Å². The number of rotatable bonds is 5. The van der Waals surface area contributed by atoms with Crippen molar-refractivity contribution in [2.75, 3.05) is 4.90 Å². The van der Waals surface area contributed by atoms with Crippen LogP contribution in [0.4, 0.5) is 17.1 Å². The molecule has 0 saturated carbocycles. The van der Waals surface area contributed by atoms with Crippen molar-refractivity contribution in [1.82, 2.24) is 0 Å². The van der Waals surface area contributed by atoms with Gasteiger partial charge in [0.2, 0.25) is 0 Å². The number of ether oxygens (including phenoxy) is 1. The van der Waals surface area contributed by atoms with Gasteiger partial charge in [-0.1, -0.05) is 159 Å². The zero-order valence-electron chi connectivity index (χ0n) is 31.9. The Balaban J connectivity index is 1.16. The van der Waals surface area contributed by atoms with E-state index >= 15 is 0 Å². The van der Waals surface area contributed by atoms with Crippen LogP contribution in [0.5, 0.6) is 11.5 Å². The van der Waals surface area contributed by atoms with Crippen molar-refractivity contribution >= 4 is 27.8 Å². The number of fused-ring (bicyclic) bond motifs is 9. The Morgan fingerprint density at radius 2 is 0.965 bits per heavy atom. The average molecular weight is 730 g/mol.